The van der Waals surface area contributed by atoms with Crippen LogP contribution in [0.25, 0.3) is 0 Å². The van der Waals surface area contributed by atoms with Crippen LogP contribution in [0.4, 0.5) is 0 Å². The molecule has 1 aliphatic heterocycles. The molecule has 25 heavy (non-hydrogen) atoms. The number of halogens is 1. The molecule has 1 aromatic carbocycles. The van der Waals surface area contributed by atoms with E-state index in [-0.39, 0.29) is 26.2 Å². The van der Waals surface area contributed by atoms with Crippen molar-refractivity contribution in [3.05, 3.63) is 35.9 Å². The predicted octanol–water partition coefficient (Wildman–Crippen LogP) is 2.93. The zero-order chi connectivity index (χ0) is 18.5. The van der Waals surface area contributed by atoms with Crippen LogP contribution in [-0.4, -0.2) is 42.4 Å². The van der Waals surface area contributed by atoms with Gasteiger partial charge in [-0.15, -0.1) is 11.6 Å². The second kappa shape index (κ2) is 8.32. The van der Waals surface area contributed by atoms with Crippen LogP contribution in [-0.2, 0) is 23.1 Å². The summed E-state index contributed by atoms with van der Waals surface area (Å²) in [6, 6.07) is 8.32. The Morgan fingerprint density at radius 2 is 1.92 bits per heavy atom. The second-order valence-corrected chi connectivity index (χ2v) is 8.15. The maximum absolute atomic E-state index is 13.3. The van der Waals surface area contributed by atoms with Gasteiger partial charge in [-0.25, -0.2) is 0 Å². The van der Waals surface area contributed by atoms with E-state index in [1.807, 2.05) is 0 Å². The number of amides is 1. The molecule has 0 saturated carbocycles. The van der Waals surface area contributed by atoms with Crippen LogP contribution < -0.4 is 5.32 Å². The summed E-state index contributed by atoms with van der Waals surface area (Å²) in [7, 11) is -3.92. The molecule has 1 saturated heterocycles. The largest absolute Gasteiger partial charge is 0.464 e. The van der Waals surface area contributed by atoms with Crippen molar-refractivity contribution in [2.75, 3.05) is 19.8 Å². The molecule has 138 valence electrons. The zero-order valence-electron chi connectivity index (χ0n) is 14.1. The first-order valence-corrected chi connectivity index (χ1v) is 9.97. The first-order chi connectivity index (χ1) is 11.9. The normalized spacial score (nSPS) is 21.6. The second-order valence-electron chi connectivity index (χ2n) is 5.37. The third-order valence-corrected chi connectivity index (χ3v) is 6.86. The first-order valence-electron chi connectivity index (χ1n) is 7.98. The standard InChI is InChI=1S/C16H21ClNO6P/c1-3-23-25(21,24-4-2)14(16(17)10-11-22-15(16)20)18-13(19)12-8-6-5-7-9-12/h5-9,14H,3-4,10-11H2,1-2H3,(H,18,19). The summed E-state index contributed by atoms with van der Waals surface area (Å²) in [4.78, 5) is 23.0. The third-order valence-electron chi connectivity index (χ3n) is 3.71. The van der Waals surface area contributed by atoms with Crippen molar-refractivity contribution in [2.45, 2.75) is 30.9 Å². The van der Waals surface area contributed by atoms with Crippen molar-refractivity contribution >= 4 is 31.1 Å². The molecular weight excluding hydrogens is 369 g/mol. The minimum Gasteiger partial charge on any atom is -0.464 e. The van der Waals surface area contributed by atoms with Gasteiger partial charge >= 0.3 is 13.6 Å². The molecule has 0 spiro atoms. The monoisotopic (exact) mass is 389 g/mol. The van der Waals surface area contributed by atoms with Crippen LogP contribution in [0.15, 0.2) is 30.3 Å². The van der Waals surface area contributed by atoms with Crippen molar-refractivity contribution < 1.29 is 27.9 Å². The number of ether oxygens (including phenoxy) is 1. The Bertz CT molecular complexity index is 660. The van der Waals surface area contributed by atoms with Gasteiger partial charge in [0.15, 0.2) is 10.7 Å². The molecule has 1 amide bonds. The number of esters is 1. The molecule has 0 aliphatic carbocycles. The maximum atomic E-state index is 13.3. The van der Waals surface area contributed by atoms with E-state index >= 15 is 0 Å². The fraction of sp³-hybridized carbons (Fsp3) is 0.500. The summed E-state index contributed by atoms with van der Waals surface area (Å²) in [5, 5.41) is 2.57. The number of nitrogens with one attached hydrogen (secondary N) is 1. The molecule has 2 rings (SSSR count). The van der Waals surface area contributed by atoms with E-state index in [9.17, 15) is 14.2 Å². The summed E-state index contributed by atoms with van der Waals surface area (Å²) in [5.41, 5.74) is 0.332. The van der Waals surface area contributed by atoms with Gasteiger partial charge in [-0.3, -0.25) is 14.2 Å². The quantitative estimate of drug-likeness (QED) is 0.417. The van der Waals surface area contributed by atoms with Gasteiger partial charge < -0.3 is 19.1 Å². The molecule has 1 aliphatic rings. The third kappa shape index (κ3) is 4.23. The molecule has 0 bridgehead atoms. The van der Waals surface area contributed by atoms with Crippen molar-refractivity contribution in [1.29, 1.82) is 0 Å². The Morgan fingerprint density at radius 1 is 1.32 bits per heavy atom. The highest BCUT2D eigenvalue weighted by Crippen LogP contribution is 2.58. The van der Waals surface area contributed by atoms with Crippen LogP contribution in [0.3, 0.4) is 0 Å². The van der Waals surface area contributed by atoms with E-state index in [1.54, 1.807) is 44.2 Å². The Balaban J connectivity index is 2.40. The lowest BCUT2D eigenvalue weighted by molar-refractivity contribution is -0.140. The first kappa shape index (κ1) is 19.9. The Kier molecular flexibility index (Phi) is 6.63. The van der Waals surface area contributed by atoms with E-state index in [0.717, 1.165) is 0 Å². The number of carbonyl (C=O) groups excluding carboxylic acids is 2. The van der Waals surface area contributed by atoms with Gasteiger partial charge in [0.05, 0.1) is 19.8 Å². The number of benzene rings is 1. The van der Waals surface area contributed by atoms with E-state index in [1.165, 1.54) is 0 Å². The van der Waals surface area contributed by atoms with Crippen molar-refractivity contribution in [1.82, 2.24) is 5.32 Å². The van der Waals surface area contributed by atoms with Gasteiger partial charge in [0.25, 0.3) is 5.91 Å². The molecule has 1 heterocycles. The number of carbonyl (C=O) groups is 2. The lowest BCUT2D eigenvalue weighted by Gasteiger charge is -2.33. The molecule has 1 N–H and O–H groups in total. The topological polar surface area (TPSA) is 90.9 Å². The number of hydrogen-bond donors (Lipinski definition) is 1. The van der Waals surface area contributed by atoms with Crippen molar-refractivity contribution in [3.63, 3.8) is 0 Å². The van der Waals surface area contributed by atoms with E-state index in [0.29, 0.717) is 5.56 Å². The molecule has 0 aromatic heterocycles. The van der Waals surface area contributed by atoms with E-state index < -0.39 is 30.1 Å². The molecule has 1 fully saturated rings. The van der Waals surface area contributed by atoms with Gasteiger partial charge in [0.1, 0.15) is 0 Å². The Morgan fingerprint density at radius 3 is 2.40 bits per heavy atom. The van der Waals surface area contributed by atoms with Gasteiger partial charge in [-0.2, -0.15) is 0 Å². The molecule has 2 atom stereocenters. The highest BCUT2D eigenvalue weighted by molar-refractivity contribution is 7.55. The molecule has 2 unspecified atom stereocenters. The fourth-order valence-electron chi connectivity index (χ4n) is 2.55. The minimum atomic E-state index is -3.92. The number of alkyl halides is 1. The SMILES string of the molecule is CCOP(=O)(OCC)C(NC(=O)c1ccccc1)C1(Cl)CCOC1=O. The highest BCUT2D eigenvalue weighted by atomic mass is 35.5. The summed E-state index contributed by atoms with van der Waals surface area (Å²) in [6.45, 7) is 3.47. The van der Waals surface area contributed by atoms with Crippen LogP contribution in [0.1, 0.15) is 30.6 Å². The number of rotatable bonds is 8. The van der Waals surface area contributed by atoms with Crippen LogP contribution >= 0.6 is 19.2 Å². The van der Waals surface area contributed by atoms with Gasteiger partial charge in [0, 0.05) is 12.0 Å². The smallest absolute Gasteiger partial charge is 0.355 e. The lowest BCUT2D eigenvalue weighted by atomic mass is 10.1. The Hall–Kier alpha value is -1.40. The average molecular weight is 390 g/mol. The lowest BCUT2D eigenvalue weighted by Crippen LogP contribution is -2.52. The number of hydrogen-bond acceptors (Lipinski definition) is 6. The summed E-state index contributed by atoms with van der Waals surface area (Å²) < 4.78 is 28.8. The van der Waals surface area contributed by atoms with Crippen LogP contribution in [0.5, 0.6) is 0 Å². The zero-order valence-corrected chi connectivity index (χ0v) is 15.7. The van der Waals surface area contributed by atoms with E-state index in [4.69, 9.17) is 25.4 Å². The van der Waals surface area contributed by atoms with Gasteiger partial charge in [-0.1, -0.05) is 18.2 Å². The van der Waals surface area contributed by atoms with Gasteiger partial charge in [0.2, 0.25) is 0 Å². The average Bonchev–Trinajstić information content (AvgIpc) is 2.93. The predicted molar refractivity (Wildman–Crippen MR) is 92.7 cm³/mol. The maximum Gasteiger partial charge on any atom is 0.355 e. The highest BCUT2D eigenvalue weighted by Gasteiger charge is 2.59. The molecule has 7 nitrogen and oxygen atoms in total. The van der Waals surface area contributed by atoms with Crippen molar-refractivity contribution in [3.8, 4) is 0 Å². The summed E-state index contributed by atoms with van der Waals surface area (Å²) in [6.07, 6.45) is 0.0806. The molecule has 9 heteroatoms. The molecule has 0 radical (unpaired) electrons. The summed E-state index contributed by atoms with van der Waals surface area (Å²) >= 11 is 6.45. The molecular formula is C16H21ClNO6P. The Labute approximate surface area is 151 Å². The van der Waals surface area contributed by atoms with Crippen molar-refractivity contribution in [2.24, 2.45) is 0 Å². The van der Waals surface area contributed by atoms with Crippen LogP contribution in [0, 0.1) is 0 Å². The van der Waals surface area contributed by atoms with Gasteiger partial charge in [-0.05, 0) is 26.0 Å². The summed E-state index contributed by atoms with van der Waals surface area (Å²) in [5.74, 6) is -2.67. The fourth-order valence-corrected chi connectivity index (χ4v) is 5.20. The van der Waals surface area contributed by atoms with E-state index in [2.05, 4.69) is 5.32 Å². The molecule has 1 aromatic rings. The van der Waals surface area contributed by atoms with Crippen LogP contribution in [0.2, 0.25) is 0 Å². The number of cyclic esters (lactones) is 1. The minimum absolute atomic E-state index is 0.0665.